The van der Waals surface area contributed by atoms with Crippen molar-refractivity contribution in [3.8, 4) is 17.1 Å². The molecule has 0 aliphatic carbocycles. The molecule has 0 radical (unpaired) electrons. The number of amides is 1. The first-order chi connectivity index (χ1) is 15.9. The highest BCUT2D eigenvalue weighted by molar-refractivity contribution is 5.91. The second-order valence-corrected chi connectivity index (χ2v) is 8.97. The first kappa shape index (κ1) is 23.0. The Kier molecular flexibility index (Phi) is 7.08. The Morgan fingerprint density at radius 3 is 2.85 bits per heavy atom. The number of nitrogens with zero attached hydrogens (tertiary/aromatic N) is 3. The lowest BCUT2D eigenvalue weighted by atomic mass is 10.1. The molecular weight excluding hydrogens is 416 g/mol. The van der Waals surface area contributed by atoms with Crippen molar-refractivity contribution in [2.75, 3.05) is 31.6 Å². The van der Waals surface area contributed by atoms with Crippen molar-refractivity contribution in [3.63, 3.8) is 0 Å². The van der Waals surface area contributed by atoms with E-state index < -0.39 is 0 Å². The van der Waals surface area contributed by atoms with Crippen LogP contribution in [0.25, 0.3) is 22.3 Å². The van der Waals surface area contributed by atoms with Crippen LogP contribution < -0.4 is 10.2 Å². The van der Waals surface area contributed by atoms with Gasteiger partial charge in [-0.2, -0.15) is 0 Å². The van der Waals surface area contributed by atoms with Crippen molar-refractivity contribution in [3.05, 3.63) is 48.0 Å². The summed E-state index contributed by atoms with van der Waals surface area (Å²) in [7, 11) is 2.02. The number of hydrogen-bond acceptors (Lipinski definition) is 6. The average Bonchev–Trinajstić information content (AvgIpc) is 3.35. The summed E-state index contributed by atoms with van der Waals surface area (Å²) in [5.74, 6) is 1.80. The fraction of sp³-hybridized carbons (Fsp3) is 0.423. The van der Waals surface area contributed by atoms with Crippen molar-refractivity contribution < 1.29 is 14.6 Å². The Morgan fingerprint density at radius 1 is 1.27 bits per heavy atom. The summed E-state index contributed by atoms with van der Waals surface area (Å²) in [5, 5.41) is 14.3. The number of benzene rings is 2. The summed E-state index contributed by atoms with van der Waals surface area (Å²) >= 11 is 0. The topological polar surface area (TPSA) is 87.6 Å². The molecule has 7 heteroatoms. The highest BCUT2D eigenvalue weighted by Crippen LogP contribution is 2.31. The molecular formula is C26H32N4O3. The number of aromatic nitrogens is 2. The maximum atomic E-state index is 12.2. The van der Waals surface area contributed by atoms with Crippen LogP contribution in [-0.4, -0.2) is 53.8 Å². The first-order valence-electron chi connectivity index (χ1n) is 11.6. The molecule has 2 heterocycles. The molecule has 2 aromatic carbocycles. The van der Waals surface area contributed by atoms with Gasteiger partial charge < -0.3 is 20.1 Å². The molecule has 2 atom stereocenters. The number of phenols is 1. The van der Waals surface area contributed by atoms with E-state index in [4.69, 9.17) is 14.7 Å². The fourth-order valence-corrected chi connectivity index (χ4v) is 4.09. The first-order valence-corrected chi connectivity index (χ1v) is 11.6. The summed E-state index contributed by atoms with van der Waals surface area (Å²) in [6.45, 7) is 6.25. The number of phenolic OH excluding ortho intramolecular Hbond substituents is 1. The van der Waals surface area contributed by atoms with Crippen molar-refractivity contribution in [1.82, 2.24) is 15.3 Å². The Bertz CT molecular complexity index is 1130. The number of fused-ring (bicyclic) bond motifs is 1. The minimum absolute atomic E-state index is 0.00261. The molecule has 4 rings (SSSR count). The number of para-hydroxylation sites is 1. The van der Waals surface area contributed by atoms with Crippen molar-refractivity contribution in [2.45, 2.75) is 39.2 Å². The summed E-state index contributed by atoms with van der Waals surface area (Å²) in [6.07, 6.45) is 2.37. The molecule has 1 aliphatic heterocycles. The number of aryl methyl sites for hydroxylation is 1. The standard InChI is InChI=1S/C26H32N4O3/c1-17-10-11-19-21(15-17)28-24(20-7-4-5-8-22(20)31)29-25(19)30(3)13-12-18(2)16-27-26(32)23-9-6-14-33-23/h4-5,7-8,10-11,15,18,23,31H,6,9,12-14,16H2,1-3H3,(H,27,32)/t18-,23-/m1/s1. The van der Waals surface area contributed by atoms with Crippen LogP contribution in [0.5, 0.6) is 5.75 Å². The molecule has 1 saturated heterocycles. The zero-order valence-corrected chi connectivity index (χ0v) is 19.5. The number of anilines is 1. The Morgan fingerprint density at radius 2 is 2.09 bits per heavy atom. The smallest absolute Gasteiger partial charge is 0.249 e. The van der Waals surface area contributed by atoms with Gasteiger partial charge in [0.15, 0.2) is 5.82 Å². The summed E-state index contributed by atoms with van der Waals surface area (Å²) in [6, 6.07) is 13.3. The minimum Gasteiger partial charge on any atom is -0.507 e. The average molecular weight is 449 g/mol. The van der Waals surface area contributed by atoms with Gasteiger partial charge >= 0.3 is 0 Å². The number of carbonyl (C=O) groups is 1. The largest absolute Gasteiger partial charge is 0.507 e. The van der Waals surface area contributed by atoms with E-state index >= 15 is 0 Å². The van der Waals surface area contributed by atoms with E-state index in [0.29, 0.717) is 30.5 Å². The van der Waals surface area contributed by atoms with Gasteiger partial charge in [-0.3, -0.25) is 4.79 Å². The van der Waals surface area contributed by atoms with Crippen LogP contribution in [-0.2, 0) is 9.53 Å². The van der Waals surface area contributed by atoms with Crippen LogP contribution in [0.3, 0.4) is 0 Å². The normalized spacial score (nSPS) is 16.6. The van der Waals surface area contributed by atoms with Crippen molar-refractivity contribution in [2.24, 2.45) is 5.92 Å². The summed E-state index contributed by atoms with van der Waals surface area (Å²) < 4.78 is 5.46. The number of hydrogen-bond donors (Lipinski definition) is 2. The molecule has 0 unspecified atom stereocenters. The van der Waals surface area contributed by atoms with Crippen LogP contribution in [0.15, 0.2) is 42.5 Å². The van der Waals surface area contributed by atoms with Gasteiger partial charge in [0.25, 0.3) is 0 Å². The fourth-order valence-electron chi connectivity index (χ4n) is 4.09. The van der Waals surface area contributed by atoms with E-state index in [1.165, 1.54) is 0 Å². The predicted octanol–water partition coefficient (Wildman–Crippen LogP) is 4.07. The third-order valence-corrected chi connectivity index (χ3v) is 6.14. The quantitative estimate of drug-likeness (QED) is 0.540. The van der Waals surface area contributed by atoms with E-state index in [1.807, 2.05) is 32.2 Å². The number of carbonyl (C=O) groups excluding carboxylic acids is 1. The monoisotopic (exact) mass is 448 g/mol. The van der Waals surface area contributed by atoms with E-state index in [9.17, 15) is 9.90 Å². The molecule has 1 aliphatic rings. The van der Waals surface area contributed by atoms with Gasteiger partial charge in [-0.1, -0.05) is 25.1 Å². The summed E-state index contributed by atoms with van der Waals surface area (Å²) in [5.41, 5.74) is 2.58. The summed E-state index contributed by atoms with van der Waals surface area (Å²) in [4.78, 5) is 23.9. The second kappa shape index (κ2) is 10.2. The molecule has 1 fully saturated rings. The van der Waals surface area contributed by atoms with Gasteiger partial charge in [-0.15, -0.1) is 0 Å². The molecule has 7 nitrogen and oxygen atoms in total. The zero-order chi connectivity index (χ0) is 23.4. The van der Waals surface area contributed by atoms with Crippen molar-refractivity contribution in [1.29, 1.82) is 0 Å². The molecule has 0 saturated carbocycles. The van der Waals surface area contributed by atoms with Crippen LogP contribution in [0.1, 0.15) is 31.7 Å². The van der Waals surface area contributed by atoms with Gasteiger partial charge in [-0.25, -0.2) is 9.97 Å². The zero-order valence-electron chi connectivity index (χ0n) is 19.5. The van der Waals surface area contributed by atoms with Crippen LogP contribution >= 0.6 is 0 Å². The van der Waals surface area contributed by atoms with Crippen LogP contribution in [0.2, 0.25) is 0 Å². The minimum atomic E-state index is -0.288. The third kappa shape index (κ3) is 5.42. The van der Waals surface area contributed by atoms with E-state index in [1.54, 1.807) is 12.1 Å². The van der Waals surface area contributed by atoms with E-state index in [0.717, 1.165) is 48.1 Å². The van der Waals surface area contributed by atoms with Crippen LogP contribution in [0.4, 0.5) is 5.82 Å². The van der Waals surface area contributed by atoms with Crippen molar-refractivity contribution >= 4 is 22.6 Å². The molecule has 0 spiro atoms. The maximum Gasteiger partial charge on any atom is 0.249 e. The lowest BCUT2D eigenvalue weighted by Crippen LogP contribution is -2.37. The highest BCUT2D eigenvalue weighted by atomic mass is 16.5. The molecule has 2 N–H and O–H groups in total. The Labute approximate surface area is 194 Å². The predicted molar refractivity (Wildman–Crippen MR) is 130 cm³/mol. The van der Waals surface area contributed by atoms with Gasteiger partial charge in [-0.05, 0) is 61.9 Å². The molecule has 174 valence electrons. The molecule has 0 bridgehead atoms. The van der Waals surface area contributed by atoms with Gasteiger partial charge in [0, 0.05) is 32.1 Å². The SMILES string of the molecule is Cc1ccc2c(N(C)CC[C@@H](C)CNC(=O)[C@H]3CCCO3)nc(-c3ccccc3O)nc2c1. The lowest BCUT2D eigenvalue weighted by molar-refractivity contribution is -0.130. The maximum absolute atomic E-state index is 12.2. The number of ether oxygens (including phenoxy) is 1. The number of nitrogens with one attached hydrogen (secondary N) is 1. The molecule has 3 aromatic rings. The highest BCUT2D eigenvalue weighted by Gasteiger charge is 2.23. The van der Waals surface area contributed by atoms with E-state index in [-0.39, 0.29) is 17.8 Å². The number of rotatable bonds is 8. The van der Waals surface area contributed by atoms with Gasteiger partial charge in [0.1, 0.15) is 17.7 Å². The van der Waals surface area contributed by atoms with Gasteiger partial charge in [0.2, 0.25) is 5.91 Å². The Balaban J connectivity index is 1.49. The lowest BCUT2D eigenvalue weighted by Gasteiger charge is -2.23. The molecule has 1 aromatic heterocycles. The third-order valence-electron chi connectivity index (χ3n) is 6.14. The van der Waals surface area contributed by atoms with Gasteiger partial charge in [0.05, 0.1) is 11.1 Å². The number of aromatic hydroxyl groups is 1. The second-order valence-electron chi connectivity index (χ2n) is 8.97. The molecule has 33 heavy (non-hydrogen) atoms. The van der Waals surface area contributed by atoms with Crippen LogP contribution in [0, 0.1) is 12.8 Å². The Hall–Kier alpha value is -3.19. The van der Waals surface area contributed by atoms with E-state index in [2.05, 4.69) is 29.3 Å². The molecule has 1 amide bonds.